The Bertz CT molecular complexity index is 1290. The number of hydrogen-bond donors (Lipinski definition) is 0. The Balaban J connectivity index is 1.30. The van der Waals surface area contributed by atoms with Crippen LogP contribution >= 0.6 is 0 Å². The van der Waals surface area contributed by atoms with Crippen LogP contribution in [0.3, 0.4) is 0 Å². The third-order valence-electron chi connectivity index (χ3n) is 7.14. The Labute approximate surface area is 223 Å². The summed E-state index contributed by atoms with van der Waals surface area (Å²) in [5.41, 5.74) is 1.44. The van der Waals surface area contributed by atoms with Crippen molar-refractivity contribution in [1.82, 2.24) is 14.7 Å². The highest BCUT2D eigenvalue weighted by Crippen LogP contribution is 2.54. The van der Waals surface area contributed by atoms with E-state index in [9.17, 15) is 9.59 Å². The fourth-order valence-electron chi connectivity index (χ4n) is 5.33. The number of aromatic nitrogens is 2. The van der Waals surface area contributed by atoms with Crippen molar-refractivity contribution in [2.75, 3.05) is 19.7 Å². The van der Waals surface area contributed by atoms with Gasteiger partial charge in [-0.3, -0.25) is 4.68 Å². The first-order chi connectivity index (χ1) is 18.1. The maximum Gasteiger partial charge on any atom is 0.410 e. The molecule has 1 saturated carbocycles. The van der Waals surface area contributed by atoms with Gasteiger partial charge in [0.05, 0.1) is 12.6 Å². The smallest absolute Gasteiger partial charge is 0.410 e. The number of esters is 1. The molecule has 0 unspecified atom stereocenters. The van der Waals surface area contributed by atoms with Gasteiger partial charge in [-0.15, -0.1) is 0 Å². The molecular weight excluding hydrogens is 482 g/mol. The summed E-state index contributed by atoms with van der Waals surface area (Å²) >= 11 is 0. The quantitative estimate of drug-likeness (QED) is 0.348. The predicted molar refractivity (Wildman–Crippen MR) is 143 cm³/mol. The molecule has 0 bridgehead atoms. The van der Waals surface area contributed by atoms with E-state index in [1.165, 1.54) is 0 Å². The van der Waals surface area contributed by atoms with Crippen LogP contribution in [0.2, 0.25) is 0 Å². The number of para-hydroxylation sites is 1. The first-order valence-corrected chi connectivity index (χ1v) is 13.2. The van der Waals surface area contributed by atoms with Crippen molar-refractivity contribution >= 4 is 12.1 Å². The molecule has 0 radical (unpaired) electrons. The maximum atomic E-state index is 12.8. The highest BCUT2D eigenvalue weighted by Gasteiger charge is 2.51. The van der Waals surface area contributed by atoms with Crippen LogP contribution in [0.4, 0.5) is 4.79 Å². The molecule has 0 atom stereocenters. The molecule has 1 aromatic heterocycles. The number of amides is 1. The van der Waals surface area contributed by atoms with Crippen LogP contribution in [0.1, 0.15) is 63.4 Å². The van der Waals surface area contributed by atoms with E-state index in [1.54, 1.807) is 13.1 Å². The highest BCUT2D eigenvalue weighted by molar-refractivity contribution is 5.96. The van der Waals surface area contributed by atoms with Gasteiger partial charge in [-0.2, -0.15) is 5.10 Å². The first kappa shape index (κ1) is 25.8. The molecule has 2 aromatic carbocycles. The van der Waals surface area contributed by atoms with E-state index in [0.717, 1.165) is 30.6 Å². The Kier molecular flexibility index (Phi) is 6.90. The van der Waals surface area contributed by atoms with Crippen LogP contribution < -0.4 is 4.74 Å². The van der Waals surface area contributed by atoms with Crippen molar-refractivity contribution in [2.45, 2.75) is 58.6 Å². The summed E-state index contributed by atoms with van der Waals surface area (Å²) in [4.78, 5) is 27.2. The van der Waals surface area contributed by atoms with E-state index in [0.29, 0.717) is 36.7 Å². The van der Waals surface area contributed by atoms with E-state index in [2.05, 4.69) is 0 Å². The first-order valence-electron chi connectivity index (χ1n) is 13.2. The van der Waals surface area contributed by atoms with E-state index >= 15 is 0 Å². The maximum absolute atomic E-state index is 12.8. The van der Waals surface area contributed by atoms with Crippen LogP contribution in [0.15, 0.2) is 60.8 Å². The van der Waals surface area contributed by atoms with E-state index < -0.39 is 5.60 Å². The SMILES string of the molecule is CCOC(=O)c1cn([C@H]2C[C@@]3(CCN(C(=O)OC(C)(C)C)C3)C2)nc1-c1ccc(Oc2ccccc2)cc1. The average Bonchev–Trinajstić information content (AvgIpc) is 3.49. The fraction of sp³-hybridized carbons (Fsp3) is 0.433. The molecule has 3 aromatic rings. The molecule has 1 saturated heterocycles. The van der Waals surface area contributed by atoms with E-state index in [-0.39, 0.29) is 23.5 Å². The van der Waals surface area contributed by atoms with Gasteiger partial charge in [0.1, 0.15) is 28.4 Å². The van der Waals surface area contributed by atoms with Gasteiger partial charge < -0.3 is 19.1 Å². The summed E-state index contributed by atoms with van der Waals surface area (Å²) in [6, 6.07) is 17.3. The van der Waals surface area contributed by atoms with Gasteiger partial charge in [0.15, 0.2) is 0 Å². The van der Waals surface area contributed by atoms with Gasteiger partial charge >= 0.3 is 12.1 Å². The second-order valence-corrected chi connectivity index (χ2v) is 11.2. The van der Waals surface area contributed by atoms with Gasteiger partial charge in [-0.1, -0.05) is 18.2 Å². The molecule has 2 heterocycles. The van der Waals surface area contributed by atoms with E-state index in [4.69, 9.17) is 19.3 Å². The van der Waals surface area contributed by atoms with Gasteiger partial charge in [0, 0.05) is 24.8 Å². The number of carbonyl (C=O) groups excluding carboxylic acids is 2. The molecule has 1 aliphatic carbocycles. The lowest BCUT2D eigenvalue weighted by molar-refractivity contribution is 0.0185. The summed E-state index contributed by atoms with van der Waals surface area (Å²) in [6.07, 6.45) is 4.31. The number of ether oxygens (including phenoxy) is 3. The number of benzene rings is 2. The summed E-state index contributed by atoms with van der Waals surface area (Å²) in [6.45, 7) is 9.14. The van der Waals surface area contributed by atoms with Crippen molar-refractivity contribution in [1.29, 1.82) is 0 Å². The molecule has 2 fully saturated rings. The van der Waals surface area contributed by atoms with Gasteiger partial charge in [0.25, 0.3) is 0 Å². The molecule has 1 spiro atoms. The lowest BCUT2D eigenvalue weighted by atomic mass is 9.65. The zero-order chi connectivity index (χ0) is 26.9. The third kappa shape index (κ3) is 5.54. The zero-order valence-corrected chi connectivity index (χ0v) is 22.5. The number of hydrogen-bond acceptors (Lipinski definition) is 6. The molecule has 8 heteroatoms. The molecule has 38 heavy (non-hydrogen) atoms. The number of carbonyl (C=O) groups is 2. The minimum Gasteiger partial charge on any atom is -0.462 e. The minimum absolute atomic E-state index is 0.0776. The van der Waals surface area contributed by atoms with Crippen LogP contribution in [-0.4, -0.2) is 52.0 Å². The van der Waals surface area contributed by atoms with Crippen molar-refractivity contribution in [2.24, 2.45) is 5.41 Å². The molecule has 2 aliphatic rings. The molecule has 5 rings (SSSR count). The second-order valence-electron chi connectivity index (χ2n) is 11.2. The highest BCUT2D eigenvalue weighted by atomic mass is 16.6. The van der Waals surface area contributed by atoms with Crippen LogP contribution in [-0.2, 0) is 9.47 Å². The Morgan fingerprint density at radius 3 is 2.37 bits per heavy atom. The average molecular weight is 518 g/mol. The van der Waals surface area contributed by atoms with E-state index in [1.807, 2.05) is 85.0 Å². The third-order valence-corrected chi connectivity index (χ3v) is 7.14. The Morgan fingerprint density at radius 1 is 1.03 bits per heavy atom. The normalized spacial score (nSPS) is 20.7. The summed E-state index contributed by atoms with van der Waals surface area (Å²) in [5, 5.41) is 4.85. The van der Waals surface area contributed by atoms with Crippen molar-refractivity contribution in [3.63, 3.8) is 0 Å². The molecule has 1 aliphatic heterocycles. The second kappa shape index (κ2) is 10.2. The lowest BCUT2D eigenvalue weighted by Crippen LogP contribution is -2.43. The number of nitrogens with zero attached hydrogens (tertiary/aromatic N) is 3. The monoisotopic (exact) mass is 517 g/mol. The molecule has 0 N–H and O–H groups in total. The molecule has 200 valence electrons. The van der Waals surface area contributed by atoms with Gasteiger partial charge in [-0.05, 0) is 88.8 Å². The van der Waals surface area contributed by atoms with Crippen molar-refractivity contribution < 1.29 is 23.8 Å². The van der Waals surface area contributed by atoms with Gasteiger partial charge in [0.2, 0.25) is 0 Å². The largest absolute Gasteiger partial charge is 0.462 e. The molecular formula is C30H35N3O5. The Morgan fingerprint density at radius 2 is 1.71 bits per heavy atom. The van der Waals surface area contributed by atoms with Crippen LogP contribution in [0, 0.1) is 5.41 Å². The summed E-state index contributed by atoms with van der Waals surface area (Å²) in [5.74, 6) is 1.07. The Hall–Kier alpha value is -3.81. The summed E-state index contributed by atoms with van der Waals surface area (Å²) in [7, 11) is 0. The van der Waals surface area contributed by atoms with Crippen molar-refractivity contribution in [3.05, 3.63) is 66.4 Å². The van der Waals surface area contributed by atoms with Crippen LogP contribution in [0.25, 0.3) is 11.3 Å². The molecule has 8 nitrogen and oxygen atoms in total. The topological polar surface area (TPSA) is 82.9 Å². The molecule has 1 amide bonds. The standard InChI is InChI=1S/C30H35N3O5/c1-5-36-27(34)25-19-33(22-17-30(18-22)15-16-32(20-30)28(35)38-29(2,3)4)31-26(25)21-11-13-24(14-12-21)37-23-9-7-6-8-10-23/h6-14,19,22H,5,15-18,20H2,1-4H3/t22-,30-. The number of likely N-dealkylation sites (tertiary alicyclic amines) is 1. The number of rotatable bonds is 6. The lowest BCUT2D eigenvalue weighted by Gasteiger charge is -2.45. The van der Waals surface area contributed by atoms with Crippen molar-refractivity contribution in [3.8, 4) is 22.8 Å². The fourth-order valence-corrected chi connectivity index (χ4v) is 5.33. The predicted octanol–water partition coefficient (Wildman–Crippen LogP) is 6.48. The van der Waals surface area contributed by atoms with Gasteiger partial charge in [-0.25, -0.2) is 9.59 Å². The zero-order valence-electron chi connectivity index (χ0n) is 22.5. The minimum atomic E-state index is -0.504. The summed E-state index contributed by atoms with van der Waals surface area (Å²) < 4.78 is 18.7. The van der Waals surface area contributed by atoms with Crippen LogP contribution in [0.5, 0.6) is 11.5 Å².